The van der Waals surface area contributed by atoms with Crippen LogP contribution in [0.1, 0.15) is 27.7 Å². The van der Waals surface area contributed by atoms with Crippen molar-refractivity contribution in [1.29, 1.82) is 0 Å². The molecule has 12 nitrogen and oxygen atoms in total. The van der Waals surface area contributed by atoms with Crippen molar-refractivity contribution in [3.8, 4) is 51.0 Å². The van der Waals surface area contributed by atoms with Gasteiger partial charge in [-0.05, 0) is 60.7 Å². The fourth-order valence-electron chi connectivity index (χ4n) is 4.46. The van der Waals surface area contributed by atoms with Gasteiger partial charge in [0, 0.05) is 78.8 Å². The third-order valence-corrected chi connectivity index (χ3v) is 6.13. The Morgan fingerprint density at radius 3 is 1.45 bits per heavy atom. The zero-order valence-corrected chi connectivity index (χ0v) is 24.2. The Labute approximate surface area is 252 Å². The molecule has 0 bridgehead atoms. The first kappa shape index (κ1) is 30.9. The van der Waals surface area contributed by atoms with E-state index < -0.39 is 23.3 Å². The lowest BCUT2D eigenvalue weighted by molar-refractivity contribution is -0.115. The summed E-state index contributed by atoms with van der Waals surface area (Å²) in [5.41, 5.74) is 1.52. The Balaban J connectivity index is 1.91. The van der Waals surface area contributed by atoms with E-state index in [1.54, 1.807) is 24.3 Å². The number of hydrogen-bond acceptors (Lipinski definition) is 8. The number of anilines is 4. The molecule has 226 valence electrons. The summed E-state index contributed by atoms with van der Waals surface area (Å²) in [5, 5.41) is 44.2. The summed E-state index contributed by atoms with van der Waals surface area (Å²) in [6.45, 7) is 5.28. The van der Waals surface area contributed by atoms with Crippen LogP contribution in [0.15, 0.2) is 66.7 Å². The van der Waals surface area contributed by atoms with Crippen molar-refractivity contribution in [2.45, 2.75) is 27.7 Å². The SMILES string of the molecule is CC(=O)Nc1ccc(Oc2cc(NC(C)=O)cc(-c3cc(NC(C)=O)cc(-c4cc(NC(C)=O)ccc4O)c3O)c2O)cc1. The van der Waals surface area contributed by atoms with E-state index in [9.17, 15) is 34.5 Å². The zero-order valence-electron chi connectivity index (χ0n) is 24.2. The maximum atomic E-state index is 12.0. The van der Waals surface area contributed by atoms with E-state index in [1.807, 2.05) is 0 Å². The minimum Gasteiger partial charge on any atom is -0.507 e. The Hall–Kier alpha value is -6.04. The molecule has 0 aliphatic heterocycles. The summed E-state index contributed by atoms with van der Waals surface area (Å²) >= 11 is 0. The fraction of sp³-hybridized carbons (Fsp3) is 0.125. The van der Waals surface area contributed by atoms with Gasteiger partial charge in [-0.25, -0.2) is 0 Å². The normalized spacial score (nSPS) is 10.5. The molecular weight excluding hydrogens is 568 g/mol. The van der Waals surface area contributed by atoms with Crippen molar-refractivity contribution >= 4 is 46.4 Å². The van der Waals surface area contributed by atoms with Crippen LogP contribution in [0.2, 0.25) is 0 Å². The molecule has 0 fully saturated rings. The molecule has 4 rings (SSSR count). The van der Waals surface area contributed by atoms with Crippen LogP contribution < -0.4 is 26.0 Å². The van der Waals surface area contributed by atoms with Crippen LogP contribution in [0.3, 0.4) is 0 Å². The van der Waals surface area contributed by atoms with E-state index in [4.69, 9.17) is 4.74 Å². The second kappa shape index (κ2) is 12.9. The molecule has 0 aliphatic carbocycles. The lowest BCUT2D eigenvalue weighted by Crippen LogP contribution is -2.07. The number of ether oxygens (including phenoxy) is 1. The van der Waals surface area contributed by atoms with Crippen molar-refractivity contribution in [3.05, 3.63) is 66.7 Å². The first-order chi connectivity index (χ1) is 20.8. The largest absolute Gasteiger partial charge is 0.507 e. The van der Waals surface area contributed by atoms with E-state index in [0.29, 0.717) is 11.4 Å². The van der Waals surface area contributed by atoms with E-state index in [-0.39, 0.29) is 62.7 Å². The van der Waals surface area contributed by atoms with Gasteiger partial charge in [0.25, 0.3) is 0 Å². The van der Waals surface area contributed by atoms with Gasteiger partial charge in [-0.15, -0.1) is 0 Å². The molecule has 0 heterocycles. The van der Waals surface area contributed by atoms with Gasteiger partial charge < -0.3 is 41.3 Å². The average Bonchev–Trinajstić information content (AvgIpc) is 2.92. The first-order valence-corrected chi connectivity index (χ1v) is 13.3. The molecule has 7 N–H and O–H groups in total. The van der Waals surface area contributed by atoms with Crippen LogP contribution in [-0.2, 0) is 19.2 Å². The summed E-state index contributed by atoms with van der Waals surface area (Å²) in [4.78, 5) is 47.0. The fourth-order valence-corrected chi connectivity index (χ4v) is 4.46. The number of carbonyl (C=O) groups excluding carboxylic acids is 4. The topological polar surface area (TPSA) is 186 Å². The van der Waals surface area contributed by atoms with E-state index in [0.717, 1.165) is 0 Å². The number of hydrogen-bond donors (Lipinski definition) is 7. The Bertz CT molecular complexity index is 1780. The van der Waals surface area contributed by atoms with E-state index in [2.05, 4.69) is 21.3 Å². The van der Waals surface area contributed by atoms with Crippen LogP contribution in [0, 0.1) is 0 Å². The Morgan fingerprint density at radius 1 is 0.500 bits per heavy atom. The second-order valence-corrected chi connectivity index (χ2v) is 9.87. The number of benzene rings is 4. The lowest BCUT2D eigenvalue weighted by atomic mass is 9.94. The molecule has 0 unspecified atom stereocenters. The molecule has 0 saturated carbocycles. The number of amides is 4. The molecular formula is C32H30N4O8. The molecule has 12 heteroatoms. The van der Waals surface area contributed by atoms with Gasteiger partial charge in [0.15, 0.2) is 11.5 Å². The maximum Gasteiger partial charge on any atom is 0.221 e. The summed E-state index contributed by atoms with van der Waals surface area (Å²) < 4.78 is 5.93. The summed E-state index contributed by atoms with van der Waals surface area (Å²) in [6, 6.07) is 16.2. The number of aromatic hydroxyl groups is 3. The van der Waals surface area contributed by atoms with Crippen LogP contribution >= 0.6 is 0 Å². The van der Waals surface area contributed by atoms with Crippen molar-refractivity contribution in [3.63, 3.8) is 0 Å². The third-order valence-electron chi connectivity index (χ3n) is 6.13. The van der Waals surface area contributed by atoms with Crippen molar-refractivity contribution < 1.29 is 39.2 Å². The number of nitrogens with one attached hydrogen (secondary N) is 4. The van der Waals surface area contributed by atoms with Crippen molar-refractivity contribution in [2.24, 2.45) is 0 Å². The molecule has 0 radical (unpaired) electrons. The van der Waals surface area contributed by atoms with Crippen LogP contribution in [0.5, 0.6) is 28.7 Å². The number of phenols is 3. The summed E-state index contributed by atoms with van der Waals surface area (Å²) in [6.07, 6.45) is 0. The predicted octanol–water partition coefficient (Wildman–Crippen LogP) is 5.76. The highest BCUT2D eigenvalue weighted by atomic mass is 16.5. The maximum absolute atomic E-state index is 12.0. The van der Waals surface area contributed by atoms with Gasteiger partial charge in [-0.3, -0.25) is 19.2 Å². The number of carbonyl (C=O) groups is 4. The smallest absolute Gasteiger partial charge is 0.221 e. The number of rotatable bonds is 8. The lowest BCUT2D eigenvalue weighted by Gasteiger charge is -2.19. The second-order valence-electron chi connectivity index (χ2n) is 9.87. The Morgan fingerprint density at radius 2 is 0.909 bits per heavy atom. The Kier molecular flexibility index (Phi) is 9.03. The highest BCUT2D eigenvalue weighted by Crippen LogP contribution is 2.49. The van der Waals surface area contributed by atoms with E-state index in [1.165, 1.54) is 70.2 Å². The summed E-state index contributed by atoms with van der Waals surface area (Å²) in [7, 11) is 0. The monoisotopic (exact) mass is 598 g/mol. The van der Waals surface area contributed by atoms with Crippen molar-refractivity contribution in [2.75, 3.05) is 21.3 Å². The van der Waals surface area contributed by atoms with Crippen LogP contribution in [0.4, 0.5) is 22.7 Å². The van der Waals surface area contributed by atoms with Crippen LogP contribution in [-0.4, -0.2) is 38.9 Å². The molecule has 0 spiro atoms. The van der Waals surface area contributed by atoms with Gasteiger partial charge in [-0.2, -0.15) is 0 Å². The number of phenolic OH excluding ortho intramolecular Hbond substituents is 3. The quantitative estimate of drug-likeness (QED) is 0.125. The molecule has 4 aromatic rings. The summed E-state index contributed by atoms with van der Waals surface area (Å²) in [5.74, 6) is -2.27. The van der Waals surface area contributed by atoms with Gasteiger partial charge in [0.1, 0.15) is 17.2 Å². The van der Waals surface area contributed by atoms with Crippen molar-refractivity contribution in [1.82, 2.24) is 0 Å². The first-order valence-electron chi connectivity index (χ1n) is 13.3. The average molecular weight is 599 g/mol. The molecule has 0 aliphatic rings. The molecule has 0 saturated heterocycles. The highest BCUT2D eigenvalue weighted by Gasteiger charge is 2.22. The van der Waals surface area contributed by atoms with Gasteiger partial charge in [0.2, 0.25) is 23.6 Å². The molecule has 4 amide bonds. The highest BCUT2D eigenvalue weighted by molar-refractivity contribution is 5.98. The molecule has 4 aromatic carbocycles. The van der Waals surface area contributed by atoms with Gasteiger partial charge >= 0.3 is 0 Å². The van der Waals surface area contributed by atoms with Gasteiger partial charge in [0.05, 0.1) is 0 Å². The van der Waals surface area contributed by atoms with Crippen LogP contribution in [0.25, 0.3) is 22.3 Å². The predicted molar refractivity (Wildman–Crippen MR) is 166 cm³/mol. The zero-order chi connectivity index (χ0) is 32.1. The standard InChI is InChI=1S/C32H30N4O8/c1-16(37)33-20-5-8-24(9-6-20)44-30-15-23(36-19(4)40)14-28(32(30)43)27-13-22(35-18(3)39)12-26(31(27)42)25-11-21(34-17(2)38)7-10-29(25)41/h5-15,41-43H,1-4H3,(H,33,37)(H,34,38)(H,35,39)(H,36,40). The van der Waals surface area contributed by atoms with Gasteiger partial charge in [-0.1, -0.05) is 0 Å². The molecule has 44 heavy (non-hydrogen) atoms. The molecule has 0 atom stereocenters. The third kappa shape index (κ3) is 7.42. The minimum absolute atomic E-state index is 0.0181. The minimum atomic E-state index is -0.424. The molecule has 0 aromatic heterocycles. The van der Waals surface area contributed by atoms with E-state index >= 15 is 0 Å².